The van der Waals surface area contributed by atoms with Crippen LogP contribution in [0.25, 0.3) is 0 Å². The van der Waals surface area contributed by atoms with E-state index in [4.69, 9.17) is 0 Å². The summed E-state index contributed by atoms with van der Waals surface area (Å²) in [5.41, 5.74) is 1.63. The van der Waals surface area contributed by atoms with E-state index in [1.165, 1.54) is 0 Å². The van der Waals surface area contributed by atoms with E-state index in [2.05, 4.69) is 36.5 Å². The van der Waals surface area contributed by atoms with Gasteiger partial charge in [-0.1, -0.05) is 6.07 Å². The van der Waals surface area contributed by atoms with Gasteiger partial charge in [0.1, 0.15) is 5.82 Å². The smallest absolute Gasteiger partial charge is 0.320 e. The van der Waals surface area contributed by atoms with Gasteiger partial charge in [0, 0.05) is 10.7 Å². The van der Waals surface area contributed by atoms with Crippen LogP contribution in [-0.2, 0) is 0 Å². The SMILES string of the molecule is Cc1nc(NC(=O)N[C@@H](C)c2ccccn2)ccc1Br. The van der Waals surface area contributed by atoms with Gasteiger partial charge in [0.05, 0.1) is 17.4 Å². The Bertz CT molecular complexity index is 603. The van der Waals surface area contributed by atoms with Crippen LogP contribution < -0.4 is 10.6 Å². The molecule has 6 heteroatoms. The number of hydrogen-bond donors (Lipinski definition) is 2. The molecule has 0 bridgehead atoms. The number of pyridine rings is 2. The third-order valence-electron chi connectivity index (χ3n) is 2.74. The Morgan fingerprint density at radius 2 is 2.10 bits per heavy atom. The second-order valence-corrected chi connectivity index (χ2v) is 5.19. The second kappa shape index (κ2) is 6.47. The highest BCUT2D eigenvalue weighted by atomic mass is 79.9. The fourth-order valence-electron chi connectivity index (χ4n) is 1.67. The summed E-state index contributed by atoms with van der Waals surface area (Å²) in [4.78, 5) is 20.3. The topological polar surface area (TPSA) is 66.9 Å². The van der Waals surface area contributed by atoms with Crippen molar-refractivity contribution in [1.82, 2.24) is 15.3 Å². The number of aryl methyl sites for hydroxylation is 1. The van der Waals surface area contributed by atoms with Crippen molar-refractivity contribution < 1.29 is 4.79 Å². The largest absolute Gasteiger partial charge is 0.330 e. The lowest BCUT2D eigenvalue weighted by Crippen LogP contribution is -2.31. The molecule has 2 amide bonds. The number of hydrogen-bond acceptors (Lipinski definition) is 3. The van der Waals surface area contributed by atoms with Gasteiger partial charge in [0.15, 0.2) is 0 Å². The molecular formula is C14H15BrN4O. The maximum Gasteiger partial charge on any atom is 0.320 e. The molecule has 1 atom stereocenters. The Kier molecular flexibility index (Phi) is 4.68. The standard InChI is InChI=1S/C14H15BrN4O/c1-9-11(15)6-7-13(17-9)19-14(20)18-10(2)12-5-3-4-8-16-12/h3-8,10H,1-2H3,(H2,17,18,19,20)/t10-/m0/s1. The molecule has 0 radical (unpaired) electrons. The van der Waals surface area contributed by atoms with E-state index in [0.29, 0.717) is 5.82 Å². The summed E-state index contributed by atoms with van der Waals surface area (Å²) >= 11 is 3.37. The first kappa shape index (κ1) is 14.5. The van der Waals surface area contributed by atoms with Crippen LogP contribution in [0.15, 0.2) is 41.0 Å². The number of urea groups is 1. The fourth-order valence-corrected chi connectivity index (χ4v) is 1.89. The zero-order chi connectivity index (χ0) is 14.5. The second-order valence-electron chi connectivity index (χ2n) is 4.34. The van der Waals surface area contributed by atoms with E-state index in [1.807, 2.05) is 38.1 Å². The molecule has 0 saturated heterocycles. The molecule has 2 aromatic heterocycles. The lowest BCUT2D eigenvalue weighted by molar-refractivity contribution is 0.249. The normalized spacial score (nSPS) is 11.8. The summed E-state index contributed by atoms with van der Waals surface area (Å²) < 4.78 is 0.908. The molecule has 0 aliphatic rings. The van der Waals surface area contributed by atoms with Crippen LogP contribution in [0.1, 0.15) is 24.4 Å². The zero-order valence-electron chi connectivity index (χ0n) is 11.2. The van der Waals surface area contributed by atoms with Gasteiger partial charge in [-0.2, -0.15) is 0 Å². The minimum absolute atomic E-state index is 0.173. The van der Waals surface area contributed by atoms with Gasteiger partial charge in [0.2, 0.25) is 0 Å². The Labute approximate surface area is 126 Å². The van der Waals surface area contributed by atoms with Crippen LogP contribution in [-0.4, -0.2) is 16.0 Å². The molecule has 2 heterocycles. The summed E-state index contributed by atoms with van der Waals surface area (Å²) in [6.45, 7) is 3.74. The number of nitrogens with zero attached hydrogens (tertiary/aromatic N) is 2. The van der Waals surface area contributed by atoms with Crippen LogP contribution in [0.5, 0.6) is 0 Å². The van der Waals surface area contributed by atoms with Crippen LogP contribution in [0.3, 0.4) is 0 Å². The van der Waals surface area contributed by atoms with Gasteiger partial charge in [-0.15, -0.1) is 0 Å². The lowest BCUT2D eigenvalue weighted by Gasteiger charge is -2.14. The van der Waals surface area contributed by atoms with Gasteiger partial charge in [-0.05, 0) is 54.0 Å². The Hall–Kier alpha value is -1.95. The quantitative estimate of drug-likeness (QED) is 0.903. The third kappa shape index (κ3) is 3.77. The number of carbonyl (C=O) groups excluding carboxylic acids is 1. The summed E-state index contributed by atoms with van der Waals surface area (Å²) in [6.07, 6.45) is 1.70. The average molecular weight is 335 g/mol. The zero-order valence-corrected chi connectivity index (χ0v) is 12.8. The number of nitrogens with one attached hydrogen (secondary N) is 2. The van der Waals surface area contributed by atoms with Crippen molar-refractivity contribution in [3.05, 3.63) is 52.4 Å². The van der Waals surface area contributed by atoms with Crippen molar-refractivity contribution in [3.63, 3.8) is 0 Å². The maximum absolute atomic E-state index is 11.9. The van der Waals surface area contributed by atoms with Crippen molar-refractivity contribution in [2.24, 2.45) is 0 Å². The number of aromatic nitrogens is 2. The van der Waals surface area contributed by atoms with E-state index in [1.54, 1.807) is 12.3 Å². The number of carbonyl (C=O) groups is 1. The highest BCUT2D eigenvalue weighted by molar-refractivity contribution is 9.10. The molecule has 104 valence electrons. The summed E-state index contributed by atoms with van der Waals surface area (Å²) in [5, 5.41) is 5.52. The van der Waals surface area contributed by atoms with E-state index in [0.717, 1.165) is 15.9 Å². The lowest BCUT2D eigenvalue weighted by atomic mass is 10.2. The molecule has 0 aliphatic heterocycles. The molecular weight excluding hydrogens is 320 g/mol. The minimum Gasteiger partial charge on any atom is -0.330 e. The maximum atomic E-state index is 11.9. The van der Waals surface area contributed by atoms with Crippen molar-refractivity contribution >= 4 is 27.8 Å². The molecule has 2 aromatic rings. The fraction of sp³-hybridized carbons (Fsp3) is 0.214. The predicted octanol–water partition coefficient (Wildman–Crippen LogP) is 3.43. The molecule has 0 fully saturated rings. The molecule has 2 N–H and O–H groups in total. The highest BCUT2D eigenvalue weighted by Gasteiger charge is 2.11. The highest BCUT2D eigenvalue weighted by Crippen LogP contribution is 2.16. The van der Waals surface area contributed by atoms with Crippen molar-refractivity contribution in [3.8, 4) is 0 Å². The monoisotopic (exact) mass is 334 g/mol. The van der Waals surface area contributed by atoms with Crippen LogP contribution in [0.2, 0.25) is 0 Å². The number of anilines is 1. The van der Waals surface area contributed by atoms with Crippen molar-refractivity contribution in [2.75, 3.05) is 5.32 Å². The first-order chi connectivity index (χ1) is 9.56. The molecule has 0 aliphatic carbocycles. The number of rotatable bonds is 3. The van der Waals surface area contributed by atoms with E-state index in [-0.39, 0.29) is 12.1 Å². The van der Waals surface area contributed by atoms with E-state index in [9.17, 15) is 4.79 Å². The van der Waals surface area contributed by atoms with Crippen molar-refractivity contribution in [2.45, 2.75) is 19.9 Å². The molecule has 0 spiro atoms. The predicted molar refractivity (Wildman–Crippen MR) is 81.5 cm³/mol. The molecule has 5 nitrogen and oxygen atoms in total. The number of amides is 2. The van der Waals surface area contributed by atoms with Crippen LogP contribution >= 0.6 is 15.9 Å². The summed E-state index contributed by atoms with van der Waals surface area (Å²) in [7, 11) is 0. The molecule has 0 saturated carbocycles. The van der Waals surface area contributed by atoms with Gasteiger partial charge in [-0.25, -0.2) is 9.78 Å². The molecule has 20 heavy (non-hydrogen) atoms. The first-order valence-electron chi connectivity index (χ1n) is 6.18. The molecule has 2 rings (SSSR count). The van der Waals surface area contributed by atoms with Crippen molar-refractivity contribution in [1.29, 1.82) is 0 Å². The van der Waals surface area contributed by atoms with Crippen LogP contribution in [0.4, 0.5) is 10.6 Å². The Morgan fingerprint density at radius 1 is 1.30 bits per heavy atom. The number of halogens is 1. The Balaban J connectivity index is 1.97. The van der Waals surface area contributed by atoms with Gasteiger partial charge in [0.25, 0.3) is 0 Å². The summed E-state index contributed by atoms with van der Waals surface area (Å²) in [5.74, 6) is 0.511. The van der Waals surface area contributed by atoms with Gasteiger partial charge in [-0.3, -0.25) is 10.3 Å². The minimum atomic E-state index is -0.308. The van der Waals surface area contributed by atoms with Crippen LogP contribution in [0, 0.1) is 6.92 Å². The Morgan fingerprint density at radius 3 is 2.75 bits per heavy atom. The third-order valence-corrected chi connectivity index (χ3v) is 3.58. The van der Waals surface area contributed by atoms with Gasteiger partial charge < -0.3 is 5.32 Å². The molecule has 0 unspecified atom stereocenters. The summed E-state index contributed by atoms with van der Waals surface area (Å²) in [6, 6.07) is 8.70. The van der Waals surface area contributed by atoms with E-state index < -0.39 is 0 Å². The first-order valence-corrected chi connectivity index (χ1v) is 6.97. The molecule has 0 aromatic carbocycles. The van der Waals surface area contributed by atoms with Gasteiger partial charge >= 0.3 is 6.03 Å². The van der Waals surface area contributed by atoms with E-state index >= 15 is 0 Å². The average Bonchev–Trinajstić information content (AvgIpc) is 2.44.